The predicted octanol–water partition coefficient (Wildman–Crippen LogP) is 4.69. The van der Waals surface area contributed by atoms with Gasteiger partial charge in [0.05, 0.1) is 4.92 Å². The summed E-state index contributed by atoms with van der Waals surface area (Å²) in [6, 6.07) is 3.80. The lowest BCUT2D eigenvalue weighted by molar-refractivity contribution is -0.383. The van der Waals surface area contributed by atoms with Gasteiger partial charge in [-0.1, -0.05) is 20.8 Å². The minimum Gasteiger partial charge on any atom is -0.347 e. The molecular formula is C19H23BrN6O2. The Hall–Kier alpha value is -2.29. The maximum atomic E-state index is 12.0. The smallest absolute Gasteiger partial charge is 0.347 e. The topological polar surface area (TPSA) is 97.1 Å². The Labute approximate surface area is 172 Å². The summed E-state index contributed by atoms with van der Waals surface area (Å²) in [4.78, 5) is 26.4. The lowest BCUT2D eigenvalue weighted by atomic mass is 9.65. The molecule has 2 aromatic heterocycles. The molecule has 1 aliphatic carbocycles. The highest BCUT2D eigenvalue weighted by Gasteiger charge is 2.51. The standard InChI is InChI=1S/C19H23BrN6O2/c1-18(2)6-13-7-19(3,9-18)10-25(13)17-15(26(27)28)16(22-11-23-17)24-14-5-4-12(20)8-21-14/h4-5,8,11,13H,6-7,9-10H2,1-3H3,(H,21,22,23,24). The molecule has 0 amide bonds. The Morgan fingerprint density at radius 1 is 1.25 bits per heavy atom. The first-order valence-corrected chi connectivity index (χ1v) is 10.1. The molecule has 2 unspecified atom stereocenters. The second-order valence-electron chi connectivity index (χ2n) is 8.98. The van der Waals surface area contributed by atoms with Crippen LogP contribution in [0.4, 0.5) is 23.1 Å². The van der Waals surface area contributed by atoms with Gasteiger partial charge in [0.1, 0.15) is 12.1 Å². The number of hydrogen-bond donors (Lipinski definition) is 1. The fourth-order valence-electron chi connectivity index (χ4n) is 5.12. The molecule has 4 rings (SSSR count). The van der Waals surface area contributed by atoms with Crippen LogP contribution in [0.2, 0.25) is 0 Å². The first-order valence-electron chi connectivity index (χ1n) is 9.30. The highest BCUT2D eigenvalue weighted by Crippen LogP contribution is 2.54. The van der Waals surface area contributed by atoms with E-state index < -0.39 is 4.92 Å². The molecule has 1 saturated carbocycles. The van der Waals surface area contributed by atoms with E-state index in [1.807, 2.05) is 6.07 Å². The molecule has 9 heteroatoms. The highest BCUT2D eigenvalue weighted by molar-refractivity contribution is 9.10. The van der Waals surface area contributed by atoms with Crippen LogP contribution in [0, 0.1) is 20.9 Å². The van der Waals surface area contributed by atoms with Crippen LogP contribution in [0.1, 0.15) is 40.0 Å². The number of hydrogen-bond acceptors (Lipinski definition) is 7. The van der Waals surface area contributed by atoms with Crippen molar-refractivity contribution in [2.45, 2.75) is 46.1 Å². The fourth-order valence-corrected chi connectivity index (χ4v) is 5.35. The molecule has 28 heavy (non-hydrogen) atoms. The molecule has 2 aromatic rings. The lowest BCUT2D eigenvalue weighted by Gasteiger charge is -2.39. The Kier molecular flexibility index (Phi) is 4.52. The molecule has 8 nitrogen and oxygen atoms in total. The summed E-state index contributed by atoms with van der Waals surface area (Å²) < 4.78 is 0.830. The molecule has 148 valence electrons. The van der Waals surface area contributed by atoms with E-state index in [1.54, 1.807) is 12.3 Å². The average Bonchev–Trinajstić information content (AvgIpc) is 2.85. The van der Waals surface area contributed by atoms with Gasteiger partial charge in [-0.2, -0.15) is 0 Å². The second kappa shape index (κ2) is 6.65. The van der Waals surface area contributed by atoms with E-state index >= 15 is 0 Å². The van der Waals surface area contributed by atoms with E-state index in [0.29, 0.717) is 11.6 Å². The Morgan fingerprint density at radius 3 is 2.71 bits per heavy atom. The molecule has 3 heterocycles. The van der Waals surface area contributed by atoms with Crippen molar-refractivity contribution in [3.8, 4) is 0 Å². The first kappa shape index (κ1) is 19.0. The lowest BCUT2D eigenvalue weighted by Crippen LogP contribution is -2.35. The number of anilines is 3. The minimum absolute atomic E-state index is 0.0961. The van der Waals surface area contributed by atoms with Crippen LogP contribution in [-0.2, 0) is 0 Å². The number of aromatic nitrogens is 3. The summed E-state index contributed by atoms with van der Waals surface area (Å²) in [5, 5.41) is 15.0. The van der Waals surface area contributed by atoms with Crippen LogP contribution in [0.25, 0.3) is 0 Å². The number of rotatable bonds is 4. The number of nitrogens with one attached hydrogen (secondary N) is 1. The second-order valence-corrected chi connectivity index (χ2v) is 9.90. The zero-order valence-corrected chi connectivity index (χ0v) is 17.7. The number of nitro groups is 1. The number of halogens is 1. The molecule has 1 aliphatic heterocycles. The summed E-state index contributed by atoms with van der Waals surface area (Å²) in [5.74, 6) is 1.05. The molecular weight excluding hydrogens is 424 g/mol. The maximum absolute atomic E-state index is 12.0. The molecule has 2 atom stereocenters. The third-order valence-corrected chi connectivity index (χ3v) is 6.12. The maximum Gasteiger partial charge on any atom is 0.353 e. The van der Waals surface area contributed by atoms with Gasteiger partial charge in [-0.3, -0.25) is 10.1 Å². The summed E-state index contributed by atoms with van der Waals surface area (Å²) in [6.07, 6.45) is 6.16. The van der Waals surface area contributed by atoms with Gasteiger partial charge in [0, 0.05) is 23.3 Å². The zero-order chi connectivity index (χ0) is 20.1. The third-order valence-electron chi connectivity index (χ3n) is 5.65. The van der Waals surface area contributed by atoms with E-state index in [9.17, 15) is 10.1 Å². The summed E-state index contributed by atoms with van der Waals surface area (Å²) in [5.41, 5.74) is 0.268. The van der Waals surface area contributed by atoms with Crippen LogP contribution in [-0.4, -0.2) is 32.5 Å². The quantitative estimate of drug-likeness (QED) is 0.536. The molecule has 0 spiro atoms. The van der Waals surface area contributed by atoms with Crippen molar-refractivity contribution in [1.29, 1.82) is 0 Å². The van der Waals surface area contributed by atoms with Gasteiger partial charge in [-0.15, -0.1) is 0 Å². The van der Waals surface area contributed by atoms with E-state index in [-0.39, 0.29) is 28.4 Å². The van der Waals surface area contributed by atoms with Crippen LogP contribution < -0.4 is 10.2 Å². The van der Waals surface area contributed by atoms with Gasteiger partial charge >= 0.3 is 5.69 Å². The van der Waals surface area contributed by atoms with E-state index in [0.717, 1.165) is 30.3 Å². The van der Waals surface area contributed by atoms with E-state index in [2.05, 4.69) is 61.9 Å². The van der Waals surface area contributed by atoms with Crippen molar-refractivity contribution >= 4 is 39.1 Å². The average molecular weight is 447 g/mol. The SMILES string of the molecule is CC1(C)CC2CC(C)(CN2c2ncnc(Nc3ccc(Br)cn3)c2[N+](=O)[O-])C1. The van der Waals surface area contributed by atoms with Crippen LogP contribution >= 0.6 is 15.9 Å². The van der Waals surface area contributed by atoms with Crippen LogP contribution in [0.15, 0.2) is 29.1 Å². The van der Waals surface area contributed by atoms with Gasteiger partial charge < -0.3 is 10.2 Å². The summed E-state index contributed by atoms with van der Waals surface area (Å²) in [6.45, 7) is 7.61. The monoisotopic (exact) mass is 446 g/mol. The third kappa shape index (κ3) is 3.55. The van der Waals surface area contributed by atoms with Crippen molar-refractivity contribution in [2.75, 3.05) is 16.8 Å². The van der Waals surface area contributed by atoms with Crippen LogP contribution in [0.3, 0.4) is 0 Å². The van der Waals surface area contributed by atoms with Crippen molar-refractivity contribution in [3.05, 3.63) is 39.2 Å². The molecule has 2 aliphatic rings. The van der Waals surface area contributed by atoms with Gasteiger partial charge in [0.15, 0.2) is 0 Å². The number of pyridine rings is 1. The van der Waals surface area contributed by atoms with E-state index in [4.69, 9.17) is 0 Å². The Bertz CT molecular complexity index is 919. The molecule has 1 N–H and O–H groups in total. The highest BCUT2D eigenvalue weighted by atomic mass is 79.9. The molecule has 0 aromatic carbocycles. The van der Waals surface area contributed by atoms with Crippen molar-refractivity contribution < 1.29 is 4.92 Å². The largest absolute Gasteiger partial charge is 0.353 e. The minimum atomic E-state index is -0.397. The normalized spacial score (nSPS) is 25.6. The predicted molar refractivity (Wildman–Crippen MR) is 111 cm³/mol. The van der Waals surface area contributed by atoms with E-state index in [1.165, 1.54) is 6.33 Å². The molecule has 0 radical (unpaired) electrons. The summed E-state index contributed by atoms with van der Waals surface area (Å²) in [7, 11) is 0. The van der Waals surface area contributed by atoms with Gasteiger partial charge in [0.2, 0.25) is 11.6 Å². The zero-order valence-electron chi connectivity index (χ0n) is 16.1. The Balaban J connectivity index is 1.72. The van der Waals surface area contributed by atoms with Crippen molar-refractivity contribution in [3.63, 3.8) is 0 Å². The van der Waals surface area contributed by atoms with Gasteiger partial charge in [0.25, 0.3) is 0 Å². The van der Waals surface area contributed by atoms with Crippen molar-refractivity contribution in [1.82, 2.24) is 15.0 Å². The molecule has 1 saturated heterocycles. The fraction of sp³-hybridized carbons (Fsp3) is 0.526. The number of fused-ring (bicyclic) bond motifs is 2. The molecule has 2 bridgehead atoms. The van der Waals surface area contributed by atoms with Crippen LogP contribution in [0.5, 0.6) is 0 Å². The van der Waals surface area contributed by atoms with Gasteiger partial charge in [-0.25, -0.2) is 15.0 Å². The Morgan fingerprint density at radius 2 is 2.04 bits per heavy atom. The molecule has 2 fully saturated rings. The number of nitrogens with zero attached hydrogens (tertiary/aromatic N) is 5. The summed E-state index contributed by atoms with van der Waals surface area (Å²) >= 11 is 3.33. The van der Waals surface area contributed by atoms with Gasteiger partial charge in [-0.05, 0) is 58.2 Å². The first-order chi connectivity index (χ1) is 13.2. The van der Waals surface area contributed by atoms with Crippen molar-refractivity contribution in [2.24, 2.45) is 10.8 Å².